The number of nitrogens with zero attached hydrogens (tertiary/aromatic N) is 2. The number of aliphatic hydroxyl groups is 1. The van der Waals surface area contributed by atoms with Gasteiger partial charge in [-0.15, -0.1) is 0 Å². The Bertz CT molecular complexity index is 1720. The minimum atomic E-state index is -0.974. The highest BCUT2D eigenvalue weighted by atomic mass is 35.5. The average molecular weight is 661 g/mol. The Balaban J connectivity index is 1.14. The third-order valence-electron chi connectivity index (χ3n) is 11.3. The van der Waals surface area contributed by atoms with Crippen LogP contribution in [0.1, 0.15) is 56.1 Å². The van der Waals surface area contributed by atoms with Crippen molar-refractivity contribution in [3.8, 4) is 0 Å². The van der Waals surface area contributed by atoms with Crippen molar-refractivity contribution < 1.29 is 29.4 Å². The van der Waals surface area contributed by atoms with E-state index in [4.69, 9.17) is 11.6 Å². The highest BCUT2D eigenvalue weighted by Gasteiger charge is 2.64. The van der Waals surface area contributed by atoms with E-state index in [0.717, 1.165) is 28.5 Å². The molecule has 4 unspecified atom stereocenters. The first-order chi connectivity index (χ1) is 22.5. The molecule has 1 saturated heterocycles. The molecule has 4 bridgehead atoms. The van der Waals surface area contributed by atoms with Crippen molar-refractivity contribution in [3.05, 3.63) is 70.9 Å². The normalized spacial score (nSPS) is 30.0. The number of likely N-dealkylation sites (tertiary alicyclic amines) is 1. The number of H-pyrrole nitrogens is 1. The number of benzene rings is 2. The van der Waals surface area contributed by atoms with E-state index >= 15 is 0 Å². The van der Waals surface area contributed by atoms with Crippen LogP contribution in [-0.2, 0) is 32.1 Å². The standard InChI is InChI=1S/C36H41ClN4O6/c1-40(18-23-6-2-4-8-27(23)37)32(44)29(11-24-17-38-28-9-5-3-7-26(24)28)39-31(43)30-12-25(42)19-41(30)33(45)35-13-21-10-22(14-35)16-36(15-21,20-35)34(46)47/h2-9,17,21-22,25,29-30,38,42H,10-16,18-20H2,1H3,(H,39,43)(H,46,47)/t21?,22?,25-,29?,30?,35?,36?/m1/s1. The quantitative estimate of drug-likeness (QED) is 0.272. The third-order valence-corrected chi connectivity index (χ3v) is 11.6. The number of nitrogens with one attached hydrogen (secondary N) is 2. The first-order valence-corrected chi connectivity index (χ1v) is 16.9. The third kappa shape index (κ3) is 5.69. The summed E-state index contributed by atoms with van der Waals surface area (Å²) in [4.78, 5) is 61.4. The molecule has 8 rings (SSSR count). The number of aromatic nitrogens is 1. The van der Waals surface area contributed by atoms with Crippen LogP contribution in [0.3, 0.4) is 0 Å². The van der Waals surface area contributed by atoms with Gasteiger partial charge in [0.15, 0.2) is 0 Å². The number of para-hydroxylation sites is 1. The molecule has 4 aliphatic carbocycles. The summed E-state index contributed by atoms with van der Waals surface area (Å²) >= 11 is 6.40. The van der Waals surface area contributed by atoms with Gasteiger partial charge in [0.05, 0.1) is 16.9 Å². The number of aliphatic carboxylic acids is 1. The van der Waals surface area contributed by atoms with E-state index in [0.29, 0.717) is 30.7 Å². The van der Waals surface area contributed by atoms with Crippen LogP contribution in [0, 0.1) is 22.7 Å². The summed E-state index contributed by atoms with van der Waals surface area (Å²) in [6.07, 6.45) is 4.84. The summed E-state index contributed by atoms with van der Waals surface area (Å²) in [7, 11) is 1.67. The van der Waals surface area contributed by atoms with Crippen LogP contribution in [0.2, 0.25) is 5.02 Å². The molecule has 2 aromatic carbocycles. The molecule has 47 heavy (non-hydrogen) atoms. The van der Waals surface area contributed by atoms with Gasteiger partial charge < -0.3 is 30.3 Å². The summed E-state index contributed by atoms with van der Waals surface area (Å²) in [5, 5.41) is 25.4. The van der Waals surface area contributed by atoms with Crippen molar-refractivity contribution in [2.75, 3.05) is 13.6 Å². The number of hydrogen-bond donors (Lipinski definition) is 4. The number of rotatable bonds is 9. The summed E-state index contributed by atoms with van der Waals surface area (Å²) in [5.74, 6) is -1.55. The highest BCUT2D eigenvalue weighted by Crippen LogP contribution is 2.66. The van der Waals surface area contributed by atoms with E-state index in [1.807, 2.05) is 48.7 Å². The number of likely N-dealkylation sites (N-methyl/N-ethyl adjacent to an activating group) is 1. The zero-order valence-corrected chi connectivity index (χ0v) is 27.2. The fraction of sp³-hybridized carbons (Fsp3) is 0.500. The van der Waals surface area contributed by atoms with Crippen LogP contribution in [0.25, 0.3) is 10.9 Å². The van der Waals surface area contributed by atoms with Crippen LogP contribution < -0.4 is 5.32 Å². The van der Waals surface area contributed by atoms with Gasteiger partial charge in [0.25, 0.3) is 0 Å². The molecule has 1 aromatic heterocycles. The van der Waals surface area contributed by atoms with Gasteiger partial charge in [-0.1, -0.05) is 48.0 Å². The van der Waals surface area contributed by atoms with Gasteiger partial charge in [0.1, 0.15) is 12.1 Å². The maximum atomic E-state index is 14.4. The highest BCUT2D eigenvalue weighted by molar-refractivity contribution is 6.31. The molecular weight excluding hydrogens is 620 g/mol. The molecule has 5 fully saturated rings. The van der Waals surface area contributed by atoms with E-state index in [2.05, 4.69) is 10.3 Å². The van der Waals surface area contributed by atoms with Gasteiger partial charge >= 0.3 is 5.97 Å². The zero-order chi connectivity index (χ0) is 33.1. The van der Waals surface area contributed by atoms with Gasteiger partial charge in [0.2, 0.25) is 17.7 Å². The Labute approximate surface area is 278 Å². The topological polar surface area (TPSA) is 143 Å². The summed E-state index contributed by atoms with van der Waals surface area (Å²) in [6, 6.07) is 13.1. The number of carbonyl (C=O) groups excluding carboxylic acids is 3. The first-order valence-electron chi connectivity index (χ1n) is 16.5. The largest absolute Gasteiger partial charge is 0.481 e. The van der Waals surface area contributed by atoms with Gasteiger partial charge in [-0.2, -0.15) is 0 Å². The molecule has 0 spiro atoms. The van der Waals surface area contributed by atoms with Crippen molar-refractivity contribution in [1.82, 2.24) is 20.1 Å². The van der Waals surface area contributed by atoms with Gasteiger partial charge in [-0.3, -0.25) is 19.2 Å². The summed E-state index contributed by atoms with van der Waals surface area (Å²) < 4.78 is 0. The van der Waals surface area contributed by atoms with E-state index in [1.165, 1.54) is 9.80 Å². The number of carboxylic acids is 1. The minimum Gasteiger partial charge on any atom is -0.481 e. The van der Waals surface area contributed by atoms with Crippen molar-refractivity contribution in [2.24, 2.45) is 22.7 Å². The van der Waals surface area contributed by atoms with Crippen LogP contribution in [0.15, 0.2) is 54.7 Å². The number of carbonyl (C=O) groups is 4. The molecular formula is C36H41ClN4O6. The monoisotopic (exact) mass is 660 g/mol. The van der Waals surface area contributed by atoms with E-state index < -0.39 is 40.9 Å². The van der Waals surface area contributed by atoms with E-state index in [9.17, 15) is 29.4 Å². The number of hydrogen-bond acceptors (Lipinski definition) is 5. The number of β-amino-alcohol motifs (C(OH)–C–C–N with tert-alkyl or cyclic N) is 1. The van der Waals surface area contributed by atoms with Crippen molar-refractivity contribution in [1.29, 1.82) is 0 Å². The molecule has 5 atom stereocenters. The van der Waals surface area contributed by atoms with Gasteiger partial charge in [-0.05, 0) is 73.6 Å². The Morgan fingerprint density at radius 2 is 1.68 bits per heavy atom. The fourth-order valence-corrected chi connectivity index (χ4v) is 9.76. The second-order valence-corrected chi connectivity index (χ2v) is 15.0. The molecule has 2 heterocycles. The Kier molecular flexibility index (Phi) is 8.07. The molecule has 3 aromatic rings. The number of halogens is 1. The van der Waals surface area contributed by atoms with Crippen molar-refractivity contribution >= 4 is 46.2 Å². The molecule has 0 radical (unpaired) electrons. The molecule has 11 heteroatoms. The predicted molar refractivity (Wildman–Crippen MR) is 175 cm³/mol. The lowest BCUT2D eigenvalue weighted by Crippen LogP contribution is -2.62. The number of amides is 3. The minimum absolute atomic E-state index is 0.00153. The first kappa shape index (κ1) is 31.7. The molecule has 1 aliphatic heterocycles. The van der Waals surface area contributed by atoms with Crippen LogP contribution in [0.4, 0.5) is 0 Å². The average Bonchev–Trinajstić information content (AvgIpc) is 3.63. The number of fused-ring (bicyclic) bond motifs is 1. The second kappa shape index (κ2) is 12.0. The predicted octanol–water partition coefficient (Wildman–Crippen LogP) is 4.14. The molecule has 4 N–H and O–H groups in total. The zero-order valence-electron chi connectivity index (χ0n) is 26.5. The lowest BCUT2D eigenvalue weighted by Gasteiger charge is -2.60. The lowest BCUT2D eigenvalue weighted by molar-refractivity contribution is -0.184. The number of aliphatic hydroxyl groups excluding tert-OH is 1. The summed E-state index contributed by atoms with van der Waals surface area (Å²) in [5.41, 5.74) is 0.790. The molecule has 10 nitrogen and oxygen atoms in total. The Morgan fingerprint density at radius 3 is 2.40 bits per heavy atom. The van der Waals surface area contributed by atoms with Crippen LogP contribution >= 0.6 is 11.6 Å². The SMILES string of the molecule is CN(Cc1ccccc1Cl)C(=O)C(Cc1c[nH]c2ccccc12)NC(=O)C1C[C@@H](O)CN1C(=O)C12CC3CC(CC(C(=O)O)(C3)C1)C2. The molecule has 3 amide bonds. The van der Waals surface area contributed by atoms with Gasteiger partial charge in [-0.25, -0.2) is 0 Å². The van der Waals surface area contributed by atoms with Crippen molar-refractivity contribution in [3.63, 3.8) is 0 Å². The van der Waals surface area contributed by atoms with E-state index in [1.54, 1.807) is 13.1 Å². The maximum Gasteiger partial charge on any atom is 0.309 e. The van der Waals surface area contributed by atoms with Crippen LogP contribution in [0.5, 0.6) is 0 Å². The molecule has 5 aliphatic rings. The van der Waals surface area contributed by atoms with Gasteiger partial charge in [0, 0.05) is 55.1 Å². The maximum absolute atomic E-state index is 14.4. The Morgan fingerprint density at radius 1 is 1.00 bits per heavy atom. The smallest absolute Gasteiger partial charge is 0.309 e. The Hall–Kier alpha value is -3.89. The number of carboxylic acid groups (broad SMARTS) is 1. The second-order valence-electron chi connectivity index (χ2n) is 14.6. The molecule has 4 saturated carbocycles. The molecule has 248 valence electrons. The van der Waals surface area contributed by atoms with Crippen LogP contribution in [-0.4, -0.2) is 80.5 Å². The van der Waals surface area contributed by atoms with E-state index in [-0.39, 0.29) is 56.0 Å². The van der Waals surface area contributed by atoms with Crippen molar-refractivity contribution in [2.45, 2.75) is 76.1 Å². The number of aromatic amines is 1. The lowest BCUT2D eigenvalue weighted by atomic mass is 9.44. The summed E-state index contributed by atoms with van der Waals surface area (Å²) in [6.45, 7) is 0.239. The fourth-order valence-electron chi connectivity index (χ4n) is 9.57.